The zero-order valence-electron chi connectivity index (χ0n) is 7.67. The third-order valence-electron chi connectivity index (χ3n) is 2.18. The van der Waals surface area contributed by atoms with Crippen LogP contribution in [-0.2, 0) is 32.8 Å². The van der Waals surface area contributed by atoms with Gasteiger partial charge in [-0.05, 0) is 12.8 Å². The van der Waals surface area contributed by atoms with E-state index in [2.05, 4.69) is 0 Å². The van der Waals surface area contributed by atoms with Crippen LogP contribution in [0.15, 0.2) is 0 Å². The van der Waals surface area contributed by atoms with Crippen molar-refractivity contribution in [3.63, 3.8) is 0 Å². The molecule has 0 aromatic heterocycles. The van der Waals surface area contributed by atoms with E-state index in [1.165, 1.54) is 0 Å². The van der Waals surface area contributed by atoms with Gasteiger partial charge in [-0.3, -0.25) is 4.74 Å². The Morgan fingerprint density at radius 1 is 0.929 bits per heavy atom. The molecule has 0 spiro atoms. The maximum Gasteiger partial charge on any atom is 0.251 e. The largest absolute Gasteiger partial charge is 0.337 e. The van der Waals surface area contributed by atoms with Crippen molar-refractivity contribution >= 4 is 23.2 Å². The van der Waals surface area contributed by atoms with Gasteiger partial charge in [0.05, 0.1) is 13.2 Å². The number of ether oxygens (including phenoxy) is 3. The number of halogens is 2. The summed E-state index contributed by atoms with van der Waals surface area (Å²) in [5, 5.41) is -2.13. The van der Waals surface area contributed by atoms with Gasteiger partial charge in [-0.1, -0.05) is 23.2 Å². The van der Waals surface area contributed by atoms with Gasteiger partial charge in [-0.15, -0.1) is 0 Å². The molecule has 0 aliphatic carbocycles. The predicted molar refractivity (Wildman–Crippen MR) is 48.6 cm³/mol. The molecule has 2 atom stereocenters. The van der Waals surface area contributed by atoms with E-state index in [0.717, 1.165) is 12.8 Å². The van der Waals surface area contributed by atoms with Crippen LogP contribution in [0, 0.1) is 0 Å². The molecule has 2 fully saturated rings. The second-order valence-electron chi connectivity index (χ2n) is 3.33. The quantitative estimate of drug-likeness (QED) is 0.726. The van der Waals surface area contributed by atoms with Crippen LogP contribution in [0.25, 0.3) is 0 Å². The van der Waals surface area contributed by atoms with Gasteiger partial charge < -0.3 is 9.47 Å². The van der Waals surface area contributed by atoms with Crippen LogP contribution in [-0.4, -0.2) is 23.7 Å². The molecule has 0 aromatic carbocycles. The summed E-state index contributed by atoms with van der Waals surface area (Å²) in [6, 6.07) is 0. The Labute approximate surface area is 105 Å². The van der Waals surface area contributed by atoms with Crippen molar-refractivity contribution in [2.75, 3.05) is 13.2 Å². The minimum absolute atomic E-state index is 0. The van der Waals surface area contributed by atoms with Crippen molar-refractivity contribution in [2.24, 2.45) is 0 Å². The predicted octanol–water partition coefficient (Wildman–Crippen LogP) is 2.41. The minimum Gasteiger partial charge on any atom is -0.337 e. The van der Waals surface area contributed by atoms with E-state index in [4.69, 9.17) is 37.4 Å². The average molecular weight is 278 g/mol. The summed E-state index contributed by atoms with van der Waals surface area (Å²) in [6.45, 7) is 1.24. The minimum atomic E-state index is -1.06. The van der Waals surface area contributed by atoms with Gasteiger partial charge in [0.1, 0.15) is 0 Å². The van der Waals surface area contributed by atoms with Crippen molar-refractivity contribution in [1.29, 1.82) is 0 Å². The first kappa shape index (κ1) is 13.1. The van der Waals surface area contributed by atoms with E-state index in [1.54, 1.807) is 0 Å². The molecular weight excluding hydrogens is 266 g/mol. The van der Waals surface area contributed by atoms with Crippen LogP contribution in [0.4, 0.5) is 0 Å². The van der Waals surface area contributed by atoms with Gasteiger partial charge in [0, 0.05) is 31.4 Å². The van der Waals surface area contributed by atoms with Gasteiger partial charge in [-0.2, -0.15) is 0 Å². The standard InChI is InChI=1S/C8H12Cl2O3.V/c9-7(3-1-5-11-7)13-8(10)4-2-6-12-8;/h1-6H2;. The van der Waals surface area contributed by atoms with E-state index in [9.17, 15) is 0 Å². The van der Waals surface area contributed by atoms with E-state index < -0.39 is 10.5 Å². The molecule has 2 aliphatic rings. The fourth-order valence-electron chi connectivity index (χ4n) is 1.55. The molecule has 2 saturated heterocycles. The molecule has 2 rings (SSSR count). The third-order valence-corrected chi connectivity index (χ3v) is 2.93. The topological polar surface area (TPSA) is 27.7 Å². The van der Waals surface area contributed by atoms with Crippen LogP contribution in [0.1, 0.15) is 25.7 Å². The Morgan fingerprint density at radius 2 is 1.36 bits per heavy atom. The maximum atomic E-state index is 6.03. The Balaban J connectivity index is 0.000000980. The first-order chi connectivity index (χ1) is 6.12. The monoisotopic (exact) mass is 277 g/mol. The number of hydrogen-bond acceptors (Lipinski definition) is 3. The molecule has 2 aliphatic heterocycles. The summed E-state index contributed by atoms with van der Waals surface area (Å²) in [4.78, 5) is 0. The first-order valence-electron chi connectivity index (χ1n) is 4.48. The average Bonchev–Trinajstić information content (AvgIpc) is 2.60. The molecule has 0 aromatic rings. The van der Waals surface area contributed by atoms with Crippen LogP contribution < -0.4 is 0 Å². The fraction of sp³-hybridized carbons (Fsp3) is 1.00. The van der Waals surface area contributed by atoms with E-state index in [1.807, 2.05) is 0 Å². The van der Waals surface area contributed by atoms with Crippen LogP contribution in [0.2, 0.25) is 0 Å². The number of rotatable bonds is 2. The molecule has 0 bridgehead atoms. The Bertz CT molecular complexity index is 171. The van der Waals surface area contributed by atoms with Gasteiger partial charge in [0.15, 0.2) is 0 Å². The molecule has 14 heavy (non-hydrogen) atoms. The second kappa shape index (κ2) is 4.92. The Hall–Kier alpha value is 1.04. The van der Waals surface area contributed by atoms with Crippen molar-refractivity contribution < 1.29 is 32.8 Å². The van der Waals surface area contributed by atoms with Gasteiger partial charge in [0.2, 0.25) is 0 Å². The molecule has 0 N–H and O–H groups in total. The zero-order chi connectivity index (χ0) is 9.36. The van der Waals surface area contributed by atoms with Crippen LogP contribution in [0.3, 0.4) is 0 Å². The second-order valence-corrected chi connectivity index (χ2v) is 4.48. The number of alkyl halides is 2. The molecule has 0 saturated carbocycles. The summed E-state index contributed by atoms with van der Waals surface area (Å²) >= 11 is 12.1. The van der Waals surface area contributed by atoms with Gasteiger partial charge in [-0.25, -0.2) is 0 Å². The van der Waals surface area contributed by atoms with Crippen molar-refractivity contribution in [1.82, 2.24) is 0 Å². The molecule has 0 amide bonds. The maximum absolute atomic E-state index is 6.03. The van der Waals surface area contributed by atoms with Crippen LogP contribution >= 0.6 is 23.2 Å². The molecule has 1 radical (unpaired) electrons. The van der Waals surface area contributed by atoms with Gasteiger partial charge in [0.25, 0.3) is 10.5 Å². The zero-order valence-corrected chi connectivity index (χ0v) is 10.6. The summed E-state index contributed by atoms with van der Waals surface area (Å²) in [5.74, 6) is 0. The Kier molecular flexibility index (Phi) is 4.61. The Morgan fingerprint density at radius 3 is 1.64 bits per heavy atom. The third kappa shape index (κ3) is 3.02. The van der Waals surface area contributed by atoms with Crippen LogP contribution in [0.5, 0.6) is 0 Å². The molecule has 81 valence electrons. The van der Waals surface area contributed by atoms with Crippen molar-refractivity contribution in [2.45, 2.75) is 36.2 Å². The molecule has 3 nitrogen and oxygen atoms in total. The fourth-order valence-corrected chi connectivity index (χ4v) is 2.26. The van der Waals surface area contributed by atoms with Crippen molar-refractivity contribution in [3.05, 3.63) is 0 Å². The molecule has 6 heteroatoms. The summed E-state index contributed by atoms with van der Waals surface area (Å²) in [6.07, 6.45) is 3.12. The summed E-state index contributed by atoms with van der Waals surface area (Å²) in [5.41, 5.74) is 0. The van der Waals surface area contributed by atoms with Crippen molar-refractivity contribution in [3.8, 4) is 0 Å². The van der Waals surface area contributed by atoms with Gasteiger partial charge >= 0.3 is 0 Å². The number of hydrogen-bond donors (Lipinski definition) is 0. The SMILES string of the molecule is ClC1(OC2(Cl)CCCO2)CCCO1.[V]. The smallest absolute Gasteiger partial charge is 0.251 e. The molecular formula is C8H12Cl2O3V. The van der Waals surface area contributed by atoms with E-state index in [-0.39, 0.29) is 18.6 Å². The first-order valence-corrected chi connectivity index (χ1v) is 5.23. The van der Waals surface area contributed by atoms with E-state index in [0.29, 0.717) is 26.1 Å². The normalized spacial score (nSPS) is 42.4. The van der Waals surface area contributed by atoms with E-state index >= 15 is 0 Å². The molecule has 2 heterocycles. The summed E-state index contributed by atoms with van der Waals surface area (Å²) in [7, 11) is 0. The summed E-state index contributed by atoms with van der Waals surface area (Å²) < 4.78 is 15.9. The molecule has 2 unspecified atom stereocenters.